The molecule has 0 aromatic carbocycles. The monoisotopic (exact) mass is 324 g/mol. The highest BCUT2D eigenvalue weighted by Gasteiger charge is 2.57. The van der Waals surface area contributed by atoms with E-state index in [0.717, 1.165) is 32.1 Å². The number of halogens is 2. The first-order valence-corrected chi connectivity index (χ1v) is 7.83. The van der Waals surface area contributed by atoms with Gasteiger partial charge in [0.05, 0.1) is 12.7 Å². The molecule has 0 amide bonds. The van der Waals surface area contributed by atoms with Gasteiger partial charge < -0.3 is 9.84 Å². The molecule has 4 saturated carbocycles. The molecule has 4 aliphatic rings. The van der Waals surface area contributed by atoms with Gasteiger partial charge in [-0.2, -0.15) is 13.1 Å². The molecule has 4 rings (SSSR count). The first-order valence-electron chi connectivity index (χ1n) is 7.09. The molecule has 0 saturated heterocycles. The van der Waals surface area contributed by atoms with E-state index >= 15 is 0 Å². The molecule has 0 aromatic rings. The summed E-state index contributed by atoms with van der Waals surface area (Å²) in [6.07, 6.45) is 3.96. The largest absolute Gasteiger partial charge is 0.460 e. The van der Waals surface area contributed by atoms with Crippen LogP contribution in [0, 0.1) is 23.2 Å². The maximum Gasteiger partial charge on any atom is 0.415 e. The highest BCUT2D eigenvalue weighted by Crippen LogP contribution is 2.60. The van der Waals surface area contributed by atoms with E-state index < -0.39 is 34.8 Å². The lowest BCUT2D eigenvalue weighted by molar-refractivity contribution is -0.195. The summed E-state index contributed by atoms with van der Waals surface area (Å²) >= 11 is -0.655. The van der Waals surface area contributed by atoms with Crippen molar-refractivity contribution in [1.82, 2.24) is 0 Å². The van der Waals surface area contributed by atoms with E-state index in [1.807, 2.05) is 0 Å². The first-order chi connectivity index (χ1) is 9.86. The highest BCUT2D eigenvalue weighted by atomic mass is 32.2. The predicted octanol–water partition coefficient (Wildman–Crippen LogP) is 2.45. The van der Waals surface area contributed by atoms with E-state index in [1.165, 1.54) is 0 Å². The molecule has 8 heteroatoms. The van der Waals surface area contributed by atoms with Crippen LogP contribution in [0.1, 0.15) is 32.1 Å². The van der Waals surface area contributed by atoms with Crippen LogP contribution in [0.2, 0.25) is 0 Å². The average Bonchev–Trinajstić information content (AvgIpc) is 2.41. The van der Waals surface area contributed by atoms with Crippen molar-refractivity contribution in [3.63, 3.8) is 0 Å². The van der Waals surface area contributed by atoms with Crippen LogP contribution in [0.25, 0.3) is 0 Å². The SMILES string of the molecule is O=C(OCC12CC3CC(CC(C3)C1O)C2)C(F)(F)SOO. The van der Waals surface area contributed by atoms with Crippen molar-refractivity contribution in [1.29, 1.82) is 0 Å². The van der Waals surface area contributed by atoms with Crippen LogP contribution in [0.15, 0.2) is 0 Å². The normalized spacial score (nSPS) is 41.3. The molecule has 120 valence electrons. The van der Waals surface area contributed by atoms with Crippen LogP contribution in [-0.2, 0) is 13.9 Å². The van der Waals surface area contributed by atoms with Gasteiger partial charge in [0.25, 0.3) is 0 Å². The molecule has 4 aliphatic carbocycles. The number of carbonyl (C=O) groups is 1. The van der Waals surface area contributed by atoms with Crippen LogP contribution in [0.5, 0.6) is 0 Å². The van der Waals surface area contributed by atoms with Crippen molar-refractivity contribution in [3.8, 4) is 0 Å². The Morgan fingerprint density at radius 2 is 1.90 bits per heavy atom. The zero-order valence-corrected chi connectivity index (χ0v) is 12.2. The second-order valence-electron chi connectivity index (χ2n) is 6.67. The molecule has 3 atom stereocenters. The molecule has 0 aliphatic heterocycles. The van der Waals surface area contributed by atoms with Gasteiger partial charge in [0.2, 0.25) is 0 Å². The van der Waals surface area contributed by atoms with E-state index in [9.17, 15) is 18.7 Å². The quantitative estimate of drug-likeness (QED) is 0.350. The van der Waals surface area contributed by atoms with Gasteiger partial charge in [0.15, 0.2) is 0 Å². The molecular weight excluding hydrogens is 306 g/mol. The van der Waals surface area contributed by atoms with Crippen LogP contribution >= 0.6 is 12.0 Å². The smallest absolute Gasteiger partial charge is 0.415 e. The second-order valence-corrected chi connectivity index (χ2v) is 7.49. The predicted molar refractivity (Wildman–Crippen MR) is 69.2 cm³/mol. The van der Waals surface area contributed by atoms with Crippen molar-refractivity contribution in [2.45, 2.75) is 43.5 Å². The molecule has 0 aromatic heterocycles. The van der Waals surface area contributed by atoms with Gasteiger partial charge in [-0.05, 0) is 49.9 Å². The van der Waals surface area contributed by atoms with Gasteiger partial charge in [-0.1, -0.05) is 0 Å². The minimum absolute atomic E-state index is 0.196. The summed E-state index contributed by atoms with van der Waals surface area (Å²) < 4.78 is 34.4. The molecule has 5 nitrogen and oxygen atoms in total. The van der Waals surface area contributed by atoms with Gasteiger partial charge in [-0.15, -0.1) is 0 Å². The van der Waals surface area contributed by atoms with Crippen molar-refractivity contribution in [3.05, 3.63) is 0 Å². The lowest BCUT2D eigenvalue weighted by Crippen LogP contribution is -2.58. The fraction of sp³-hybridized carbons (Fsp3) is 0.923. The van der Waals surface area contributed by atoms with E-state index in [0.29, 0.717) is 11.8 Å². The number of aliphatic hydroxyl groups excluding tert-OH is 1. The number of carbonyl (C=O) groups excluding carboxylic acids is 1. The van der Waals surface area contributed by atoms with Crippen LogP contribution in [-0.4, -0.2) is 34.3 Å². The van der Waals surface area contributed by atoms with E-state index in [-0.39, 0.29) is 12.5 Å². The summed E-state index contributed by atoms with van der Waals surface area (Å²) in [5.41, 5.74) is -0.578. The highest BCUT2D eigenvalue weighted by molar-refractivity contribution is 7.96. The lowest BCUT2D eigenvalue weighted by atomic mass is 9.48. The Morgan fingerprint density at radius 3 is 2.48 bits per heavy atom. The van der Waals surface area contributed by atoms with Crippen molar-refractivity contribution < 1.29 is 33.0 Å². The fourth-order valence-corrected chi connectivity index (χ4v) is 4.98. The molecule has 0 heterocycles. The van der Waals surface area contributed by atoms with Gasteiger partial charge in [0.1, 0.15) is 12.0 Å². The van der Waals surface area contributed by atoms with Crippen LogP contribution < -0.4 is 0 Å². The third-order valence-corrected chi connectivity index (χ3v) is 5.72. The van der Waals surface area contributed by atoms with Crippen LogP contribution in [0.4, 0.5) is 8.78 Å². The molecular formula is C13H18F2O5S. The summed E-state index contributed by atoms with van der Waals surface area (Å²) in [4.78, 5) is 11.4. The maximum atomic E-state index is 13.2. The van der Waals surface area contributed by atoms with Crippen molar-refractivity contribution in [2.24, 2.45) is 23.2 Å². The summed E-state index contributed by atoms with van der Waals surface area (Å²) in [5, 5.41) is 14.5. The molecule has 2 N–H and O–H groups in total. The summed E-state index contributed by atoms with van der Waals surface area (Å²) in [6.45, 7) is -0.196. The Bertz CT molecular complexity index is 419. The van der Waals surface area contributed by atoms with Crippen molar-refractivity contribution >= 4 is 18.0 Å². The first kappa shape index (κ1) is 15.5. The Balaban J connectivity index is 1.66. The Labute approximate surface area is 125 Å². The van der Waals surface area contributed by atoms with E-state index in [1.54, 1.807) is 0 Å². The van der Waals surface area contributed by atoms with Crippen molar-refractivity contribution in [2.75, 3.05) is 6.61 Å². The number of hydrogen-bond acceptors (Lipinski definition) is 6. The minimum atomic E-state index is -3.96. The third-order valence-electron chi connectivity index (χ3n) is 5.27. The zero-order chi connectivity index (χ0) is 15.3. The number of hydrogen-bond donors (Lipinski definition) is 2. The second kappa shape index (κ2) is 5.33. The average molecular weight is 324 g/mol. The fourth-order valence-electron chi connectivity index (χ4n) is 4.76. The van der Waals surface area contributed by atoms with Gasteiger partial charge in [0, 0.05) is 5.41 Å². The van der Waals surface area contributed by atoms with E-state index in [2.05, 4.69) is 4.33 Å². The van der Waals surface area contributed by atoms with Gasteiger partial charge in [-0.25, -0.2) is 10.1 Å². The number of esters is 1. The number of rotatable bonds is 5. The Morgan fingerprint density at radius 1 is 1.29 bits per heavy atom. The zero-order valence-electron chi connectivity index (χ0n) is 11.3. The standard InChI is InChI=1S/C13H18F2O5S/c14-13(15,21-20-18)11(17)19-6-12-4-7-1-8(5-12)3-9(2-7)10(12)16/h7-10,16,18H,1-6H2. The molecule has 4 bridgehead atoms. The third kappa shape index (κ3) is 2.67. The summed E-state index contributed by atoms with van der Waals surface area (Å²) in [7, 11) is 0. The van der Waals surface area contributed by atoms with Gasteiger partial charge >= 0.3 is 11.2 Å². The number of ether oxygens (including phenoxy) is 1. The molecule has 0 radical (unpaired) electrons. The minimum Gasteiger partial charge on any atom is -0.460 e. The van der Waals surface area contributed by atoms with Crippen LogP contribution in [0.3, 0.4) is 0 Å². The number of alkyl halides is 2. The Hall–Kier alpha value is -0.440. The molecule has 0 spiro atoms. The maximum absolute atomic E-state index is 13.2. The molecule has 3 unspecified atom stereocenters. The molecule has 4 fully saturated rings. The lowest BCUT2D eigenvalue weighted by Gasteiger charge is -2.59. The Kier molecular flexibility index (Phi) is 3.92. The molecule has 21 heavy (non-hydrogen) atoms. The summed E-state index contributed by atoms with van der Waals surface area (Å²) in [5.74, 6) is -0.546. The number of aliphatic hydroxyl groups is 1. The topological polar surface area (TPSA) is 76.0 Å². The summed E-state index contributed by atoms with van der Waals surface area (Å²) in [6, 6.07) is 0. The van der Waals surface area contributed by atoms with Gasteiger partial charge in [-0.3, -0.25) is 0 Å². The van der Waals surface area contributed by atoms with E-state index in [4.69, 9.17) is 9.99 Å².